The van der Waals surface area contributed by atoms with Crippen molar-refractivity contribution in [3.05, 3.63) is 60.2 Å². The van der Waals surface area contributed by atoms with Gasteiger partial charge >= 0.3 is 0 Å². The number of benzene rings is 2. The van der Waals surface area contributed by atoms with Crippen LogP contribution in [0.25, 0.3) is 11.1 Å². The number of ketones is 1. The Morgan fingerprint density at radius 1 is 1.00 bits per heavy atom. The lowest BCUT2D eigenvalue weighted by atomic mass is 9.94. The minimum Gasteiger partial charge on any atom is -0.396 e. The van der Waals surface area contributed by atoms with Crippen LogP contribution in [-0.2, 0) is 0 Å². The Labute approximate surface area is 124 Å². The van der Waals surface area contributed by atoms with Gasteiger partial charge in [-0.05, 0) is 18.1 Å². The first-order chi connectivity index (χ1) is 10.1. The average Bonchev–Trinajstić information content (AvgIpc) is 2.53. The van der Waals surface area contributed by atoms with Crippen molar-refractivity contribution in [3.8, 4) is 11.1 Å². The van der Waals surface area contributed by atoms with Crippen molar-refractivity contribution in [1.29, 1.82) is 0 Å². The van der Waals surface area contributed by atoms with Crippen molar-refractivity contribution >= 4 is 5.78 Å². The van der Waals surface area contributed by atoms with Gasteiger partial charge in [0.25, 0.3) is 0 Å². The smallest absolute Gasteiger partial charge is 0.163 e. The van der Waals surface area contributed by atoms with E-state index < -0.39 is 12.0 Å². The predicted octanol–water partition coefficient (Wildman–Crippen LogP) is 2.92. The van der Waals surface area contributed by atoms with Crippen molar-refractivity contribution in [3.63, 3.8) is 0 Å². The number of carbonyl (C=O) groups is 1. The summed E-state index contributed by atoms with van der Waals surface area (Å²) in [6.45, 7) is 1.40. The molecule has 0 bridgehead atoms. The van der Waals surface area contributed by atoms with Crippen molar-refractivity contribution in [2.75, 3.05) is 6.61 Å². The molecular weight excluding hydrogens is 264 g/mol. The molecule has 3 heteroatoms. The van der Waals surface area contributed by atoms with Gasteiger partial charge in [0.1, 0.15) is 0 Å². The maximum Gasteiger partial charge on any atom is 0.163 e. The van der Waals surface area contributed by atoms with E-state index in [9.17, 15) is 15.0 Å². The summed E-state index contributed by atoms with van der Waals surface area (Å²) in [7, 11) is 0. The summed E-state index contributed by atoms with van der Waals surface area (Å²) < 4.78 is 0. The average molecular weight is 284 g/mol. The first kappa shape index (κ1) is 15.4. The van der Waals surface area contributed by atoms with Gasteiger partial charge < -0.3 is 10.2 Å². The van der Waals surface area contributed by atoms with Gasteiger partial charge in [0.05, 0.1) is 6.10 Å². The maximum atomic E-state index is 12.1. The molecule has 2 N–H and O–H groups in total. The van der Waals surface area contributed by atoms with E-state index in [0.29, 0.717) is 5.56 Å². The van der Waals surface area contributed by atoms with Crippen LogP contribution in [0.15, 0.2) is 54.6 Å². The molecule has 0 saturated carbocycles. The molecule has 0 heterocycles. The Balaban J connectivity index is 2.10. The summed E-state index contributed by atoms with van der Waals surface area (Å²) >= 11 is 0. The molecule has 0 aromatic heterocycles. The lowest BCUT2D eigenvalue weighted by molar-refractivity contribution is 0.0647. The lowest BCUT2D eigenvalue weighted by Gasteiger charge is -2.16. The lowest BCUT2D eigenvalue weighted by Crippen LogP contribution is -2.23. The molecule has 21 heavy (non-hydrogen) atoms. The van der Waals surface area contributed by atoms with Crippen LogP contribution in [-0.4, -0.2) is 28.7 Å². The number of rotatable bonds is 6. The number of hydrogen-bond acceptors (Lipinski definition) is 3. The number of hydrogen-bond donors (Lipinski definition) is 2. The van der Waals surface area contributed by atoms with Crippen molar-refractivity contribution < 1.29 is 15.0 Å². The molecule has 110 valence electrons. The van der Waals surface area contributed by atoms with Crippen LogP contribution < -0.4 is 0 Å². The molecule has 0 aliphatic carbocycles. The summed E-state index contributed by atoms with van der Waals surface area (Å²) in [4.78, 5) is 12.1. The predicted molar refractivity (Wildman–Crippen MR) is 83.1 cm³/mol. The second-order valence-corrected chi connectivity index (χ2v) is 5.25. The Morgan fingerprint density at radius 2 is 1.57 bits per heavy atom. The van der Waals surface area contributed by atoms with E-state index >= 15 is 0 Å². The Morgan fingerprint density at radius 3 is 2.10 bits per heavy atom. The summed E-state index contributed by atoms with van der Waals surface area (Å²) in [5.74, 6) is -0.471. The Hall–Kier alpha value is -1.97. The highest BCUT2D eigenvalue weighted by Gasteiger charge is 2.19. The monoisotopic (exact) mass is 284 g/mol. The van der Waals surface area contributed by atoms with E-state index in [-0.39, 0.29) is 18.8 Å². The molecule has 0 spiro atoms. The molecule has 0 amide bonds. The highest BCUT2D eigenvalue weighted by Crippen LogP contribution is 2.20. The summed E-state index contributed by atoms with van der Waals surface area (Å²) in [5.41, 5.74) is 2.77. The molecule has 2 rings (SSSR count). The van der Waals surface area contributed by atoms with Crippen LogP contribution in [0.1, 0.15) is 23.7 Å². The normalized spacial score (nSPS) is 13.7. The number of carbonyl (C=O) groups excluding carboxylic acids is 1. The molecule has 0 unspecified atom stereocenters. The van der Waals surface area contributed by atoms with Crippen LogP contribution in [0.5, 0.6) is 0 Å². The summed E-state index contributed by atoms with van der Waals surface area (Å²) in [6, 6.07) is 17.4. The second kappa shape index (κ2) is 7.16. The van der Waals surface area contributed by atoms with Crippen molar-refractivity contribution in [1.82, 2.24) is 0 Å². The summed E-state index contributed by atoms with van der Waals surface area (Å²) in [6.07, 6.45) is -0.540. The minimum atomic E-state index is -0.692. The first-order valence-electron chi connectivity index (χ1n) is 7.09. The molecule has 2 atom stereocenters. The van der Waals surface area contributed by atoms with Gasteiger partial charge in [0.15, 0.2) is 5.78 Å². The Kier molecular flexibility index (Phi) is 5.26. The number of aliphatic hydroxyl groups is 2. The van der Waals surface area contributed by atoms with Gasteiger partial charge in [-0.15, -0.1) is 0 Å². The fraction of sp³-hybridized carbons (Fsp3) is 0.278. The zero-order valence-corrected chi connectivity index (χ0v) is 12.1. The molecule has 0 aliphatic heterocycles. The van der Waals surface area contributed by atoms with Crippen LogP contribution in [0.2, 0.25) is 0 Å². The fourth-order valence-corrected chi connectivity index (χ4v) is 2.22. The highest BCUT2D eigenvalue weighted by molar-refractivity contribution is 5.96. The van der Waals surface area contributed by atoms with E-state index in [1.807, 2.05) is 42.5 Å². The molecule has 0 aliphatic rings. The highest BCUT2D eigenvalue weighted by atomic mass is 16.3. The van der Waals surface area contributed by atoms with Gasteiger partial charge in [0.2, 0.25) is 0 Å². The SMILES string of the molecule is C[C@H](O)[C@H](CO)CC(=O)c1ccc(-c2ccccc2)cc1. The van der Waals surface area contributed by atoms with Crippen molar-refractivity contribution in [2.24, 2.45) is 5.92 Å². The largest absolute Gasteiger partial charge is 0.396 e. The molecule has 2 aromatic carbocycles. The zero-order chi connectivity index (χ0) is 15.2. The summed E-state index contributed by atoms with van der Waals surface area (Å²) in [5, 5.41) is 18.7. The third-order valence-electron chi connectivity index (χ3n) is 3.68. The molecular formula is C18H20O3. The quantitative estimate of drug-likeness (QED) is 0.802. The van der Waals surface area contributed by atoms with E-state index in [0.717, 1.165) is 11.1 Å². The fourth-order valence-electron chi connectivity index (χ4n) is 2.22. The van der Waals surface area contributed by atoms with Crippen LogP contribution in [0.3, 0.4) is 0 Å². The third kappa shape index (κ3) is 4.00. The van der Waals surface area contributed by atoms with E-state index in [4.69, 9.17) is 0 Å². The minimum absolute atomic E-state index is 0.0606. The Bertz CT molecular complexity index is 573. The standard InChI is InChI=1S/C18H20O3/c1-13(20)17(12-19)11-18(21)16-9-7-15(8-10-16)14-5-3-2-4-6-14/h2-10,13,17,19-20H,11-12H2,1H3/t13-,17-/m0/s1. The second-order valence-electron chi connectivity index (χ2n) is 5.25. The molecule has 2 aromatic rings. The van der Waals surface area contributed by atoms with Gasteiger partial charge in [-0.25, -0.2) is 0 Å². The van der Waals surface area contributed by atoms with E-state index in [2.05, 4.69) is 0 Å². The van der Waals surface area contributed by atoms with E-state index in [1.165, 1.54) is 0 Å². The van der Waals surface area contributed by atoms with Gasteiger partial charge in [-0.1, -0.05) is 54.6 Å². The first-order valence-corrected chi connectivity index (χ1v) is 7.09. The topological polar surface area (TPSA) is 57.5 Å². The van der Waals surface area contributed by atoms with Gasteiger partial charge in [-0.2, -0.15) is 0 Å². The van der Waals surface area contributed by atoms with Crippen LogP contribution in [0, 0.1) is 5.92 Å². The third-order valence-corrected chi connectivity index (χ3v) is 3.68. The molecule has 3 nitrogen and oxygen atoms in total. The van der Waals surface area contributed by atoms with Gasteiger partial charge in [-0.3, -0.25) is 4.79 Å². The van der Waals surface area contributed by atoms with Gasteiger partial charge in [0, 0.05) is 24.5 Å². The number of aliphatic hydroxyl groups excluding tert-OH is 2. The molecule has 0 fully saturated rings. The zero-order valence-electron chi connectivity index (χ0n) is 12.1. The van der Waals surface area contributed by atoms with Crippen LogP contribution in [0.4, 0.5) is 0 Å². The van der Waals surface area contributed by atoms with Crippen LogP contribution >= 0.6 is 0 Å². The van der Waals surface area contributed by atoms with Crippen molar-refractivity contribution in [2.45, 2.75) is 19.4 Å². The molecule has 0 radical (unpaired) electrons. The van der Waals surface area contributed by atoms with E-state index in [1.54, 1.807) is 19.1 Å². The number of Topliss-reactive ketones (excluding diaryl/α,β-unsaturated/α-hetero) is 1. The molecule has 0 saturated heterocycles. The maximum absolute atomic E-state index is 12.1.